The van der Waals surface area contributed by atoms with Crippen molar-refractivity contribution in [3.63, 3.8) is 0 Å². The van der Waals surface area contributed by atoms with Gasteiger partial charge in [0.05, 0.1) is 30.4 Å². The van der Waals surface area contributed by atoms with E-state index in [-0.39, 0.29) is 10.6 Å². The zero-order chi connectivity index (χ0) is 21.6. The first-order chi connectivity index (χ1) is 13.7. The highest BCUT2D eigenvalue weighted by molar-refractivity contribution is 7.89. The van der Waals surface area contributed by atoms with Gasteiger partial charge in [-0.15, -0.1) is 0 Å². The molecule has 29 heavy (non-hydrogen) atoms. The number of ether oxygens (including phenoxy) is 3. The fourth-order valence-corrected chi connectivity index (χ4v) is 3.01. The van der Waals surface area contributed by atoms with E-state index in [1.807, 2.05) is 0 Å². The second-order valence-corrected chi connectivity index (χ2v) is 7.43. The van der Waals surface area contributed by atoms with E-state index >= 15 is 0 Å². The molecule has 0 bridgehead atoms. The van der Waals surface area contributed by atoms with Crippen molar-refractivity contribution in [3.8, 4) is 11.5 Å². The van der Waals surface area contributed by atoms with Crippen LogP contribution in [-0.4, -0.2) is 48.2 Å². The van der Waals surface area contributed by atoms with Crippen LogP contribution in [0.25, 0.3) is 0 Å². The fraction of sp³-hybridized carbons (Fsp3) is 0.222. The minimum Gasteiger partial charge on any atom is -0.497 e. The number of halogens is 1. The van der Waals surface area contributed by atoms with Crippen LogP contribution in [-0.2, 0) is 19.6 Å². The van der Waals surface area contributed by atoms with Crippen LogP contribution in [0.15, 0.2) is 41.3 Å². The van der Waals surface area contributed by atoms with E-state index in [0.717, 1.165) is 18.2 Å². The molecule has 156 valence electrons. The summed E-state index contributed by atoms with van der Waals surface area (Å²) in [5.74, 6) is -2.09. The van der Waals surface area contributed by atoms with Crippen molar-refractivity contribution in [1.82, 2.24) is 4.72 Å². The number of anilines is 1. The Bertz CT molecular complexity index is 1020. The Morgan fingerprint density at radius 2 is 1.79 bits per heavy atom. The number of amides is 1. The van der Waals surface area contributed by atoms with E-state index in [2.05, 4.69) is 10.0 Å². The highest BCUT2D eigenvalue weighted by Crippen LogP contribution is 2.28. The predicted octanol–water partition coefficient (Wildman–Crippen LogP) is 1.55. The van der Waals surface area contributed by atoms with E-state index in [0.29, 0.717) is 11.5 Å². The van der Waals surface area contributed by atoms with Crippen molar-refractivity contribution < 1.29 is 36.6 Å². The molecule has 9 nitrogen and oxygen atoms in total. The van der Waals surface area contributed by atoms with Gasteiger partial charge in [0.2, 0.25) is 10.0 Å². The molecular formula is C18H19FN2O7S. The van der Waals surface area contributed by atoms with Crippen LogP contribution in [0.3, 0.4) is 0 Å². The number of nitrogens with one attached hydrogen (secondary N) is 2. The van der Waals surface area contributed by atoms with Crippen LogP contribution < -0.4 is 19.5 Å². The molecule has 0 aromatic heterocycles. The molecule has 2 aromatic rings. The molecule has 0 aliphatic rings. The number of esters is 1. The van der Waals surface area contributed by atoms with Crippen LogP contribution in [0.1, 0.15) is 10.4 Å². The number of methoxy groups -OCH3 is 2. The first-order valence-corrected chi connectivity index (χ1v) is 9.62. The lowest BCUT2D eigenvalue weighted by molar-refractivity contribution is -0.119. The standard InChI is InChI=1S/C18H19FN2O7S/c1-20-29(24,25)12-5-6-14(19)13(9-12)18(23)28-10-17(22)21-15-8-11(26-2)4-7-16(15)27-3/h4-9,20H,10H2,1-3H3,(H,21,22). The van der Waals surface area contributed by atoms with Gasteiger partial charge in [0.1, 0.15) is 17.3 Å². The summed E-state index contributed by atoms with van der Waals surface area (Å²) in [6.45, 7) is -0.734. The largest absolute Gasteiger partial charge is 0.497 e. The molecule has 0 heterocycles. The summed E-state index contributed by atoms with van der Waals surface area (Å²) in [5, 5.41) is 2.48. The summed E-state index contributed by atoms with van der Waals surface area (Å²) in [7, 11) is 0.147. The van der Waals surface area contributed by atoms with Gasteiger partial charge in [-0.3, -0.25) is 4.79 Å². The molecule has 11 heteroatoms. The summed E-state index contributed by atoms with van der Waals surface area (Å²) in [6, 6.07) is 7.35. The number of hydrogen-bond donors (Lipinski definition) is 2. The highest BCUT2D eigenvalue weighted by Gasteiger charge is 2.20. The van der Waals surface area contributed by atoms with E-state index in [1.54, 1.807) is 12.1 Å². The third-order valence-corrected chi connectivity index (χ3v) is 5.16. The van der Waals surface area contributed by atoms with Crippen LogP contribution in [0, 0.1) is 5.82 Å². The third kappa shape index (κ3) is 5.42. The lowest BCUT2D eigenvalue weighted by Gasteiger charge is -2.12. The molecule has 2 N–H and O–H groups in total. The number of benzene rings is 2. The normalized spacial score (nSPS) is 10.9. The first kappa shape index (κ1) is 22.1. The maximum atomic E-state index is 13.9. The maximum Gasteiger partial charge on any atom is 0.341 e. The maximum absolute atomic E-state index is 13.9. The quantitative estimate of drug-likeness (QED) is 0.615. The SMILES string of the molecule is CNS(=O)(=O)c1ccc(F)c(C(=O)OCC(=O)Nc2cc(OC)ccc2OC)c1. The molecular weight excluding hydrogens is 407 g/mol. The van der Waals surface area contributed by atoms with Crippen molar-refractivity contribution in [1.29, 1.82) is 0 Å². The molecule has 2 rings (SSSR count). The van der Waals surface area contributed by atoms with Gasteiger partial charge in [-0.2, -0.15) is 0 Å². The zero-order valence-corrected chi connectivity index (χ0v) is 16.6. The number of hydrogen-bond acceptors (Lipinski definition) is 7. The predicted molar refractivity (Wildman–Crippen MR) is 101 cm³/mol. The lowest BCUT2D eigenvalue weighted by Crippen LogP contribution is -2.22. The molecule has 0 spiro atoms. The molecule has 0 atom stereocenters. The van der Waals surface area contributed by atoms with Gasteiger partial charge < -0.3 is 19.5 Å². The summed E-state index contributed by atoms with van der Waals surface area (Å²) in [4.78, 5) is 23.9. The Morgan fingerprint density at radius 1 is 1.07 bits per heavy atom. The number of sulfonamides is 1. The van der Waals surface area contributed by atoms with Crippen LogP contribution in [0.5, 0.6) is 11.5 Å². The van der Waals surface area contributed by atoms with Crippen LogP contribution >= 0.6 is 0 Å². The number of carbonyl (C=O) groups is 2. The van der Waals surface area contributed by atoms with E-state index in [9.17, 15) is 22.4 Å². The summed E-state index contributed by atoms with van der Waals surface area (Å²) in [5.41, 5.74) is -0.339. The van der Waals surface area contributed by atoms with Gasteiger partial charge in [0, 0.05) is 6.07 Å². The van der Waals surface area contributed by atoms with Crippen molar-refractivity contribution >= 4 is 27.6 Å². The third-order valence-electron chi connectivity index (χ3n) is 3.75. The van der Waals surface area contributed by atoms with Gasteiger partial charge >= 0.3 is 5.97 Å². The molecule has 1 amide bonds. The second-order valence-electron chi connectivity index (χ2n) is 5.54. The van der Waals surface area contributed by atoms with E-state index in [4.69, 9.17) is 14.2 Å². The molecule has 2 aromatic carbocycles. The van der Waals surface area contributed by atoms with Crippen molar-refractivity contribution in [2.75, 3.05) is 33.2 Å². The topological polar surface area (TPSA) is 120 Å². The zero-order valence-electron chi connectivity index (χ0n) is 15.8. The smallest absolute Gasteiger partial charge is 0.341 e. The average Bonchev–Trinajstić information content (AvgIpc) is 2.72. The van der Waals surface area contributed by atoms with Gasteiger partial charge in [0.25, 0.3) is 5.91 Å². The Morgan fingerprint density at radius 3 is 2.41 bits per heavy atom. The van der Waals surface area contributed by atoms with Crippen molar-refractivity contribution in [2.45, 2.75) is 4.90 Å². The van der Waals surface area contributed by atoms with E-state index < -0.39 is 39.9 Å². The van der Waals surface area contributed by atoms with Gasteiger partial charge in [-0.25, -0.2) is 22.3 Å². The minimum atomic E-state index is -3.89. The Labute approximate surface area is 166 Å². The first-order valence-electron chi connectivity index (χ1n) is 8.14. The Kier molecular flexibility index (Phi) is 7.13. The van der Waals surface area contributed by atoms with Crippen molar-refractivity contribution in [3.05, 3.63) is 47.8 Å². The molecule has 0 radical (unpaired) electrons. The molecule has 0 unspecified atom stereocenters. The average molecular weight is 426 g/mol. The highest BCUT2D eigenvalue weighted by atomic mass is 32.2. The summed E-state index contributed by atoms with van der Waals surface area (Å²) >= 11 is 0. The number of carbonyl (C=O) groups excluding carboxylic acids is 2. The monoisotopic (exact) mass is 426 g/mol. The molecule has 0 fully saturated rings. The summed E-state index contributed by atoms with van der Waals surface area (Å²) < 4.78 is 54.5. The minimum absolute atomic E-state index is 0.279. The van der Waals surface area contributed by atoms with Gasteiger partial charge in [-0.1, -0.05) is 0 Å². The lowest BCUT2D eigenvalue weighted by atomic mass is 10.2. The number of rotatable bonds is 8. The van der Waals surface area contributed by atoms with Crippen LogP contribution in [0.4, 0.5) is 10.1 Å². The molecule has 0 saturated carbocycles. The van der Waals surface area contributed by atoms with Crippen molar-refractivity contribution in [2.24, 2.45) is 0 Å². The summed E-state index contributed by atoms with van der Waals surface area (Å²) in [6.07, 6.45) is 0. The Balaban J connectivity index is 2.10. The van der Waals surface area contributed by atoms with E-state index in [1.165, 1.54) is 27.3 Å². The Hall–Kier alpha value is -3.18. The fourth-order valence-electron chi connectivity index (χ4n) is 2.25. The van der Waals surface area contributed by atoms with Gasteiger partial charge in [0.15, 0.2) is 6.61 Å². The van der Waals surface area contributed by atoms with Crippen LogP contribution in [0.2, 0.25) is 0 Å². The molecule has 0 saturated heterocycles. The molecule has 0 aliphatic carbocycles. The second kappa shape index (κ2) is 9.34. The van der Waals surface area contributed by atoms with Gasteiger partial charge in [-0.05, 0) is 37.4 Å². The molecule has 0 aliphatic heterocycles.